The molecule has 1 aliphatic rings. The Morgan fingerprint density at radius 3 is 2.93 bits per heavy atom. The molecule has 0 saturated heterocycles. The molecular weight excluding hydrogens is 363 g/mol. The van der Waals surface area contributed by atoms with Gasteiger partial charge in [0.15, 0.2) is 5.13 Å². The molecule has 5 nitrogen and oxygen atoms in total. The number of aromatic nitrogens is 3. The number of benzene rings is 1. The van der Waals surface area contributed by atoms with Crippen LogP contribution in [0.15, 0.2) is 36.9 Å². The lowest BCUT2D eigenvalue weighted by molar-refractivity contribution is -0.123. The van der Waals surface area contributed by atoms with E-state index >= 15 is 0 Å². The Labute approximate surface area is 161 Å². The zero-order chi connectivity index (χ0) is 18.6. The summed E-state index contributed by atoms with van der Waals surface area (Å²) in [4.78, 5) is 23.7. The maximum Gasteiger partial charge on any atom is 0.231 e. The summed E-state index contributed by atoms with van der Waals surface area (Å²) in [6.45, 7) is 1.41. The maximum atomic E-state index is 13.5. The topological polar surface area (TPSA) is 51.0 Å². The molecule has 0 spiro atoms. The molecule has 1 fully saturated rings. The second-order valence-corrected chi connectivity index (χ2v) is 8.10. The number of carbonyl (C=O) groups is 1. The van der Waals surface area contributed by atoms with Crippen molar-refractivity contribution in [1.29, 1.82) is 0 Å². The van der Waals surface area contributed by atoms with E-state index < -0.39 is 0 Å². The molecule has 7 heteroatoms. The van der Waals surface area contributed by atoms with Crippen molar-refractivity contribution in [2.75, 3.05) is 11.4 Å². The Morgan fingerprint density at radius 2 is 2.15 bits per heavy atom. The second kappa shape index (κ2) is 8.17. The van der Waals surface area contributed by atoms with Gasteiger partial charge in [-0.05, 0) is 37.5 Å². The molecule has 0 N–H and O–H groups in total. The number of halogens is 1. The summed E-state index contributed by atoms with van der Waals surface area (Å²) in [6.07, 6.45) is 11.6. The fourth-order valence-corrected chi connectivity index (χ4v) is 4.72. The highest BCUT2D eigenvalue weighted by Crippen LogP contribution is 2.33. The van der Waals surface area contributed by atoms with Crippen molar-refractivity contribution in [3.05, 3.63) is 42.7 Å². The number of aryl methyl sites for hydroxylation is 1. The largest absolute Gasteiger partial charge is 0.337 e. The van der Waals surface area contributed by atoms with Gasteiger partial charge in [0.1, 0.15) is 5.82 Å². The zero-order valence-electron chi connectivity index (χ0n) is 15.2. The number of hydrogen-bond acceptors (Lipinski definition) is 4. The molecule has 0 unspecified atom stereocenters. The quantitative estimate of drug-likeness (QED) is 0.620. The van der Waals surface area contributed by atoms with Crippen LogP contribution in [0.25, 0.3) is 10.2 Å². The first-order chi connectivity index (χ1) is 13.2. The van der Waals surface area contributed by atoms with E-state index in [1.165, 1.54) is 29.9 Å². The highest BCUT2D eigenvalue weighted by molar-refractivity contribution is 7.22. The van der Waals surface area contributed by atoms with Crippen molar-refractivity contribution in [1.82, 2.24) is 14.5 Å². The van der Waals surface area contributed by atoms with Gasteiger partial charge in [0, 0.05) is 31.4 Å². The Hall–Kier alpha value is -2.28. The van der Waals surface area contributed by atoms with Crippen LogP contribution < -0.4 is 4.90 Å². The summed E-state index contributed by atoms with van der Waals surface area (Å²) in [7, 11) is 0. The monoisotopic (exact) mass is 386 g/mol. The third-order valence-corrected chi connectivity index (χ3v) is 6.19. The van der Waals surface area contributed by atoms with Crippen molar-refractivity contribution >= 4 is 32.6 Å². The van der Waals surface area contributed by atoms with Gasteiger partial charge in [-0.15, -0.1) is 0 Å². The molecule has 3 aromatic rings. The highest BCUT2D eigenvalue weighted by atomic mass is 32.1. The summed E-state index contributed by atoms with van der Waals surface area (Å²) >= 11 is 1.39. The van der Waals surface area contributed by atoms with E-state index in [-0.39, 0.29) is 17.6 Å². The molecule has 2 aromatic heterocycles. The number of rotatable bonds is 6. The minimum Gasteiger partial charge on any atom is -0.337 e. The van der Waals surface area contributed by atoms with Crippen LogP contribution in [0, 0.1) is 11.7 Å². The standard InChI is InChI=1S/C20H23FN4OS/c21-16-7-8-17-18(13-16)27-20(23-17)25(11-4-10-24-12-9-22-14-24)19(26)15-5-2-1-3-6-15/h7-9,12-15H,1-6,10-11H2. The van der Waals surface area contributed by atoms with Crippen molar-refractivity contribution in [3.8, 4) is 0 Å². The van der Waals surface area contributed by atoms with Crippen LogP contribution >= 0.6 is 11.3 Å². The lowest BCUT2D eigenvalue weighted by Crippen LogP contribution is -2.38. The fraction of sp³-hybridized carbons (Fsp3) is 0.450. The minimum atomic E-state index is -0.275. The number of anilines is 1. The molecule has 4 rings (SSSR count). The zero-order valence-corrected chi connectivity index (χ0v) is 16.0. The lowest BCUT2D eigenvalue weighted by atomic mass is 9.88. The molecule has 1 saturated carbocycles. The molecule has 1 aromatic carbocycles. The maximum absolute atomic E-state index is 13.5. The van der Waals surface area contributed by atoms with Crippen LogP contribution in [-0.2, 0) is 11.3 Å². The highest BCUT2D eigenvalue weighted by Gasteiger charge is 2.28. The smallest absolute Gasteiger partial charge is 0.231 e. The predicted octanol–water partition coefficient (Wildman–Crippen LogP) is 4.64. The lowest BCUT2D eigenvalue weighted by Gasteiger charge is -2.27. The van der Waals surface area contributed by atoms with Gasteiger partial charge in [-0.2, -0.15) is 0 Å². The summed E-state index contributed by atoms with van der Waals surface area (Å²) < 4.78 is 16.3. The van der Waals surface area contributed by atoms with Crippen molar-refractivity contribution in [3.63, 3.8) is 0 Å². The van der Waals surface area contributed by atoms with E-state index in [0.29, 0.717) is 11.7 Å². The van der Waals surface area contributed by atoms with Gasteiger partial charge in [-0.25, -0.2) is 14.4 Å². The van der Waals surface area contributed by atoms with Crippen LogP contribution in [0.4, 0.5) is 9.52 Å². The van der Waals surface area contributed by atoms with Gasteiger partial charge in [0.2, 0.25) is 5.91 Å². The van der Waals surface area contributed by atoms with E-state index in [1.54, 1.807) is 18.6 Å². The van der Waals surface area contributed by atoms with Gasteiger partial charge in [-0.3, -0.25) is 9.69 Å². The van der Waals surface area contributed by atoms with Crippen LogP contribution in [0.5, 0.6) is 0 Å². The first kappa shape index (κ1) is 18.1. The van der Waals surface area contributed by atoms with Crippen LogP contribution in [0.1, 0.15) is 38.5 Å². The SMILES string of the molecule is O=C(C1CCCCC1)N(CCCn1ccnc1)c1nc2ccc(F)cc2s1. The molecule has 0 aliphatic heterocycles. The first-order valence-corrected chi connectivity index (χ1v) is 10.4. The summed E-state index contributed by atoms with van der Waals surface area (Å²) in [5, 5.41) is 0.678. The van der Waals surface area contributed by atoms with E-state index in [4.69, 9.17) is 0 Å². The Balaban J connectivity index is 1.56. The van der Waals surface area contributed by atoms with Gasteiger partial charge >= 0.3 is 0 Å². The molecule has 1 aliphatic carbocycles. The van der Waals surface area contributed by atoms with E-state index in [2.05, 4.69) is 9.97 Å². The fourth-order valence-electron chi connectivity index (χ4n) is 3.70. The van der Waals surface area contributed by atoms with Gasteiger partial charge in [0.25, 0.3) is 0 Å². The normalized spacial score (nSPS) is 15.3. The number of imidazole rings is 1. The number of thiazole rings is 1. The van der Waals surface area contributed by atoms with Crippen molar-refractivity contribution in [2.45, 2.75) is 45.1 Å². The molecule has 2 heterocycles. The molecule has 0 radical (unpaired) electrons. The third-order valence-electron chi connectivity index (χ3n) is 5.15. The summed E-state index contributed by atoms with van der Waals surface area (Å²) in [6, 6.07) is 4.59. The number of amides is 1. The van der Waals surface area contributed by atoms with E-state index in [9.17, 15) is 9.18 Å². The van der Waals surface area contributed by atoms with Crippen LogP contribution in [0.3, 0.4) is 0 Å². The molecule has 0 bridgehead atoms. The van der Waals surface area contributed by atoms with Crippen molar-refractivity contribution < 1.29 is 9.18 Å². The minimum absolute atomic E-state index is 0.0794. The predicted molar refractivity (Wildman–Crippen MR) is 105 cm³/mol. The number of hydrogen-bond donors (Lipinski definition) is 0. The Kier molecular flexibility index (Phi) is 5.48. The summed E-state index contributed by atoms with van der Waals surface area (Å²) in [5.41, 5.74) is 0.743. The average molecular weight is 386 g/mol. The Morgan fingerprint density at radius 1 is 1.30 bits per heavy atom. The molecular formula is C20H23FN4OS. The first-order valence-electron chi connectivity index (χ1n) is 9.54. The van der Waals surface area contributed by atoms with E-state index in [0.717, 1.165) is 48.9 Å². The van der Waals surface area contributed by atoms with Gasteiger partial charge in [0.05, 0.1) is 16.5 Å². The summed E-state index contributed by atoms with van der Waals surface area (Å²) in [5.74, 6) is -0.0291. The van der Waals surface area contributed by atoms with Crippen LogP contribution in [0.2, 0.25) is 0 Å². The third kappa shape index (κ3) is 4.18. The van der Waals surface area contributed by atoms with Gasteiger partial charge < -0.3 is 4.57 Å². The van der Waals surface area contributed by atoms with E-state index in [1.807, 2.05) is 15.7 Å². The number of carbonyl (C=O) groups excluding carboxylic acids is 1. The molecule has 142 valence electrons. The Bertz CT molecular complexity index is 902. The molecule has 0 atom stereocenters. The number of fused-ring (bicyclic) bond motifs is 1. The molecule has 27 heavy (non-hydrogen) atoms. The van der Waals surface area contributed by atoms with Crippen molar-refractivity contribution in [2.24, 2.45) is 5.92 Å². The second-order valence-electron chi connectivity index (χ2n) is 7.09. The number of nitrogens with zero attached hydrogens (tertiary/aromatic N) is 4. The average Bonchev–Trinajstić information content (AvgIpc) is 3.34. The van der Waals surface area contributed by atoms with Gasteiger partial charge in [-0.1, -0.05) is 30.6 Å². The molecule has 1 amide bonds. The van der Waals surface area contributed by atoms with Crippen LogP contribution in [-0.4, -0.2) is 27.0 Å².